The van der Waals surface area contributed by atoms with Crippen molar-refractivity contribution in [1.29, 1.82) is 0 Å². The number of hydrogen-bond acceptors (Lipinski definition) is 4. The normalized spacial score (nSPS) is 22.6. The fourth-order valence-corrected chi connectivity index (χ4v) is 2.24. The van der Waals surface area contributed by atoms with Crippen LogP contribution >= 0.6 is 0 Å². The first-order chi connectivity index (χ1) is 9.31. The van der Waals surface area contributed by atoms with Crippen LogP contribution < -0.4 is 10.6 Å². The second-order valence-electron chi connectivity index (χ2n) is 5.81. The highest BCUT2D eigenvalue weighted by Gasteiger charge is 2.25. The Balaban J connectivity index is 2.40. The number of nitrogens with one attached hydrogen (secondary N) is 2. The Morgan fingerprint density at radius 2 is 1.95 bits per heavy atom. The van der Waals surface area contributed by atoms with Gasteiger partial charge >= 0.3 is 12.0 Å². The molecule has 0 aliphatic carbocycles. The van der Waals surface area contributed by atoms with Crippen molar-refractivity contribution in [2.24, 2.45) is 5.92 Å². The minimum Gasteiger partial charge on any atom is -0.480 e. The van der Waals surface area contributed by atoms with E-state index in [0.29, 0.717) is 6.54 Å². The number of rotatable bonds is 5. The van der Waals surface area contributed by atoms with Gasteiger partial charge in [-0.1, -0.05) is 13.8 Å². The van der Waals surface area contributed by atoms with Crippen LogP contribution in [0.25, 0.3) is 0 Å². The van der Waals surface area contributed by atoms with E-state index in [9.17, 15) is 9.59 Å². The lowest BCUT2D eigenvalue weighted by Crippen LogP contribution is -2.56. The zero-order chi connectivity index (χ0) is 15.3. The van der Waals surface area contributed by atoms with Gasteiger partial charge < -0.3 is 20.6 Å². The highest BCUT2D eigenvalue weighted by Crippen LogP contribution is 2.05. The van der Waals surface area contributed by atoms with Crippen molar-refractivity contribution >= 4 is 12.0 Å². The zero-order valence-corrected chi connectivity index (χ0v) is 12.7. The highest BCUT2D eigenvalue weighted by molar-refractivity contribution is 5.82. The summed E-state index contributed by atoms with van der Waals surface area (Å²) in [6, 6.07) is -1.03. The van der Waals surface area contributed by atoms with Gasteiger partial charge in [0.1, 0.15) is 6.04 Å². The minimum atomic E-state index is -1.01. The number of carboxylic acids is 1. The van der Waals surface area contributed by atoms with Crippen LogP contribution in [0.2, 0.25) is 0 Å². The number of carbonyl (C=O) groups excluding carboxylic acids is 1. The van der Waals surface area contributed by atoms with E-state index < -0.39 is 18.0 Å². The van der Waals surface area contributed by atoms with Crippen molar-refractivity contribution in [2.45, 2.75) is 25.9 Å². The van der Waals surface area contributed by atoms with E-state index in [2.05, 4.69) is 27.5 Å². The van der Waals surface area contributed by atoms with E-state index in [-0.39, 0.29) is 12.0 Å². The Hall–Kier alpha value is -1.34. The molecule has 0 aromatic carbocycles. The quantitative estimate of drug-likeness (QED) is 0.643. The summed E-state index contributed by atoms with van der Waals surface area (Å²) in [6.07, 6.45) is 0. The van der Waals surface area contributed by atoms with Crippen LogP contribution in [0.4, 0.5) is 4.79 Å². The molecule has 1 unspecified atom stereocenters. The molecule has 2 amide bonds. The molecule has 0 radical (unpaired) electrons. The van der Waals surface area contributed by atoms with Crippen LogP contribution in [0.1, 0.15) is 13.8 Å². The third-order valence-corrected chi connectivity index (χ3v) is 3.70. The van der Waals surface area contributed by atoms with E-state index in [1.54, 1.807) is 13.8 Å². The highest BCUT2D eigenvalue weighted by atomic mass is 16.4. The van der Waals surface area contributed by atoms with Gasteiger partial charge in [-0.25, -0.2) is 9.59 Å². The maximum Gasteiger partial charge on any atom is 0.326 e. The second-order valence-corrected chi connectivity index (χ2v) is 5.81. The van der Waals surface area contributed by atoms with Crippen molar-refractivity contribution in [3.8, 4) is 0 Å². The Morgan fingerprint density at radius 1 is 1.30 bits per heavy atom. The molecule has 0 aromatic rings. The number of nitrogens with zero attached hydrogens (tertiary/aromatic N) is 2. The molecule has 1 aliphatic heterocycles. The summed E-state index contributed by atoms with van der Waals surface area (Å²) in [6.45, 7) is 6.92. The van der Waals surface area contributed by atoms with Gasteiger partial charge in [-0.15, -0.1) is 0 Å². The van der Waals surface area contributed by atoms with E-state index in [1.165, 1.54) is 0 Å². The van der Waals surface area contributed by atoms with Gasteiger partial charge in [0.25, 0.3) is 0 Å². The van der Waals surface area contributed by atoms with E-state index >= 15 is 0 Å². The smallest absolute Gasteiger partial charge is 0.326 e. The third kappa shape index (κ3) is 4.97. The summed E-state index contributed by atoms with van der Waals surface area (Å²) < 4.78 is 0. The van der Waals surface area contributed by atoms with Gasteiger partial charge in [0.05, 0.1) is 0 Å². The number of amides is 2. The summed E-state index contributed by atoms with van der Waals surface area (Å²) in [5.74, 6) is -1.16. The molecule has 0 bridgehead atoms. The monoisotopic (exact) mass is 286 g/mol. The summed E-state index contributed by atoms with van der Waals surface area (Å²) in [4.78, 5) is 27.2. The second kappa shape index (κ2) is 7.44. The largest absolute Gasteiger partial charge is 0.480 e. The SMILES string of the molecule is CC(C)[C@H](NC(=O)NCC1CN(C)CCN1C)C(=O)O. The predicted molar refractivity (Wildman–Crippen MR) is 76.7 cm³/mol. The Morgan fingerprint density at radius 3 is 2.50 bits per heavy atom. The zero-order valence-electron chi connectivity index (χ0n) is 12.7. The van der Waals surface area contributed by atoms with Crippen molar-refractivity contribution < 1.29 is 14.7 Å². The number of carboxylic acid groups (broad SMARTS) is 1. The molecule has 2 atom stereocenters. The number of piperazine rings is 1. The van der Waals surface area contributed by atoms with E-state index in [1.807, 2.05) is 7.05 Å². The van der Waals surface area contributed by atoms with Gasteiger partial charge in [-0.3, -0.25) is 4.90 Å². The number of aliphatic carboxylic acids is 1. The van der Waals surface area contributed by atoms with E-state index in [0.717, 1.165) is 19.6 Å². The standard InChI is InChI=1S/C13H26N4O3/c1-9(2)11(12(18)19)15-13(20)14-7-10-8-16(3)5-6-17(10)4/h9-11H,5-8H2,1-4H3,(H,18,19)(H2,14,15,20)/t10?,11-/m0/s1. The topological polar surface area (TPSA) is 84.9 Å². The molecule has 1 fully saturated rings. The Bertz CT molecular complexity index is 349. The van der Waals surface area contributed by atoms with Crippen LogP contribution in [-0.2, 0) is 4.79 Å². The molecule has 7 nitrogen and oxygen atoms in total. The molecule has 1 rings (SSSR count). The summed E-state index contributed by atoms with van der Waals surface area (Å²) in [5, 5.41) is 14.3. The third-order valence-electron chi connectivity index (χ3n) is 3.70. The molecule has 1 heterocycles. The molecule has 0 spiro atoms. The van der Waals surface area contributed by atoms with E-state index in [4.69, 9.17) is 5.11 Å². The Kier molecular flexibility index (Phi) is 6.22. The summed E-state index contributed by atoms with van der Waals surface area (Å²) >= 11 is 0. The van der Waals surface area contributed by atoms with Crippen molar-refractivity contribution in [1.82, 2.24) is 20.4 Å². The number of likely N-dealkylation sites (N-methyl/N-ethyl adjacent to an activating group) is 2. The molecule has 1 saturated heterocycles. The van der Waals surface area contributed by atoms with Gasteiger partial charge in [0.15, 0.2) is 0 Å². The maximum atomic E-state index is 11.8. The van der Waals surface area contributed by atoms with Gasteiger partial charge in [-0.05, 0) is 20.0 Å². The lowest BCUT2D eigenvalue weighted by atomic mass is 10.1. The van der Waals surface area contributed by atoms with Gasteiger partial charge in [-0.2, -0.15) is 0 Å². The molecule has 20 heavy (non-hydrogen) atoms. The molecule has 1 aliphatic rings. The fraction of sp³-hybridized carbons (Fsp3) is 0.846. The molecule has 0 aromatic heterocycles. The predicted octanol–water partition coefficient (Wildman–Crippen LogP) is -0.359. The van der Waals surface area contributed by atoms with Crippen molar-refractivity contribution in [2.75, 3.05) is 40.3 Å². The fourth-order valence-electron chi connectivity index (χ4n) is 2.24. The molecule has 3 N–H and O–H groups in total. The lowest BCUT2D eigenvalue weighted by Gasteiger charge is -2.37. The van der Waals surface area contributed by atoms with Crippen LogP contribution in [0.15, 0.2) is 0 Å². The molecule has 116 valence electrons. The molecule has 7 heteroatoms. The minimum absolute atomic E-state index is 0.151. The van der Waals surface area contributed by atoms with Gasteiger partial charge in [0.2, 0.25) is 0 Å². The van der Waals surface area contributed by atoms with Crippen molar-refractivity contribution in [3.63, 3.8) is 0 Å². The van der Waals surface area contributed by atoms with Crippen LogP contribution in [0, 0.1) is 5.92 Å². The first kappa shape index (κ1) is 16.7. The van der Waals surface area contributed by atoms with Gasteiger partial charge in [0, 0.05) is 32.2 Å². The van der Waals surface area contributed by atoms with Crippen LogP contribution in [0.3, 0.4) is 0 Å². The summed E-state index contributed by atoms with van der Waals surface area (Å²) in [7, 11) is 4.09. The molecule has 0 saturated carbocycles. The molecular weight excluding hydrogens is 260 g/mol. The maximum absolute atomic E-state index is 11.8. The average molecular weight is 286 g/mol. The number of carbonyl (C=O) groups is 2. The summed E-state index contributed by atoms with van der Waals surface area (Å²) in [5.41, 5.74) is 0. The number of hydrogen-bond donors (Lipinski definition) is 3. The van der Waals surface area contributed by atoms with Crippen molar-refractivity contribution in [3.05, 3.63) is 0 Å². The lowest BCUT2D eigenvalue weighted by molar-refractivity contribution is -0.140. The first-order valence-corrected chi connectivity index (χ1v) is 6.97. The number of urea groups is 1. The first-order valence-electron chi connectivity index (χ1n) is 6.97. The molecular formula is C13H26N4O3. The van der Waals surface area contributed by atoms with Crippen LogP contribution in [0.5, 0.6) is 0 Å². The Labute approximate surface area is 120 Å². The average Bonchev–Trinajstić information content (AvgIpc) is 2.36. The van der Waals surface area contributed by atoms with Crippen LogP contribution in [-0.4, -0.2) is 79.3 Å².